The third kappa shape index (κ3) is 5.67. The molecule has 1 aliphatic heterocycles. The molecule has 1 aliphatic rings. The van der Waals surface area contributed by atoms with Gasteiger partial charge in [0.05, 0.1) is 4.91 Å². The second-order valence-electron chi connectivity index (χ2n) is 6.05. The van der Waals surface area contributed by atoms with Crippen molar-refractivity contribution in [2.75, 3.05) is 11.9 Å². The maximum atomic E-state index is 12.6. The minimum absolute atomic E-state index is 0.113. The predicted octanol–water partition coefficient (Wildman–Crippen LogP) is 5.72. The van der Waals surface area contributed by atoms with E-state index in [9.17, 15) is 9.59 Å². The number of rotatable bonds is 6. The van der Waals surface area contributed by atoms with Crippen molar-refractivity contribution in [3.8, 4) is 0 Å². The minimum atomic E-state index is -0.118. The maximum Gasteiger partial charge on any atom is 0.266 e. The van der Waals surface area contributed by atoms with E-state index in [1.807, 2.05) is 30.3 Å². The minimum Gasteiger partial charge on any atom is -0.326 e. The molecule has 1 heterocycles. The van der Waals surface area contributed by atoms with Gasteiger partial charge in [0.25, 0.3) is 5.91 Å². The zero-order valence-corrected chi connectivity index (χ0v) is 18.6. The van der Waals surface area contributed by atoms with Crippen LogP contribution in [0.5, 0.6) is 0 Å². The molecule has 0 unspecified atom stereocenters. The van der Waals surface area contributed by atoms with Gasteiger partial charge in [-0.1, -0.05) is 63.6 Å². The first kappa shape index (κ1) is 21.0. The lowest BCUT2D eigenvalue weighted by Crippen LogP contribution is -2.29. The van der Waals surface area contributed by atoms with Crippen LogP contribution in [0.3, 0.4) is 0 Å². The van der Waals surface area contributed by atoms with Gasteiger partial charge in [-0.25, -0.2) is 0 Å². The Balaban J connectivity index is 1.53. The fourth-order valence-corrected chi connectivity index (χ4v) is 4.45. The Labute approximate surface area is 186 Å². The molecule has 0 radical (unpaired) electrons. The van der Waals surface area contributed by atoms with Crippen molar-refractivity contribution in [3.63, 3.8) is 0 Å². The van der Waals surface area contributed by atoms with E-state index >= 15 is 0 Å². The smallest absolute Gasteiger partial charge is 0.266 e. The van der Waals surface area contributed by atoms with Gasteiger partial charge in [-0.3, -0.25) is 14.5 Å². The Bertz CT molecular complexity index is 947. The highest BCUT2D eigenvalue weighted by Gasteiger charge is 2.31. The van der Waals surface area contributed by atoms with E-state index < -0.39 is 0 Å². The van der Waals surface area contributed by atoms with E-state index in [0.29, 0.717) is 39.3 Å². The molecule has 0 saturated carbocycles. The fraction of sp³-hybridized carbons (Fsp3) is 0.150. The van der Waals surface area contributed by atoms with Crippen LogP contribution in [0.15, 0.2) is 57.9 Å². The highest BCUT2D eigenvalue weighted by molar-refractivity contribution is 9.10. The summed E-state index contributed by atoms with van der Waals surface area (Å²) in [4.78, 5) is 26.8. The number of nitrogens with one attached hydrogen (secondary N) is 1. The van der Waals surface area contributed by atoms with E-state index in [0.717, 1.165) is 10.0 Å². The number of anilines is 1. The highest BCUT2D eigenvalue weighted by Crippen LogP contribution is 2.33. The third-order valence-electron chi connectivity index (χ3n) is 3.93. The van der Waals surface area contributed by atoms with E-state index in [1.165, 1.54) is 11.8 Å². The molecule has 28 heavy (non-hydrogen) atoms. The molecule has 1 fully saturated rings. The lowest BCUT2D eigenvalue weighted by molar-refractivity contribution is -0.122. The van der Waals surface area contributed by atoms with Crippen molar-refractivity contribution in [1.82, 2.24) is 4.90 Å². The number of thiocarbonyl (C=S) groups is 1. The van der Waals surface area contributed by atoms with Crippen molar-refractivity contribution in [2.45, 2.75) is 12.8 Å². The SMILES string of the molecule is O=C(CCCN1C(=O)/C(=C/c2cccc(Br)c2)SC1=S)Nc1ccc(Cl)cc1. The van der Waals surface area contributed by atoms with Crippen LogP contribution in [0.1, 0.15) is 18.4 Å². The van der Waals surface area contributed by atoms with Crippen LogP contribution in [0.2, 0.25) is 5.02 Å². The molecule has 144 valence electrons. The monoisotopic (exact) mass is 494 g/mol. The molecule has 8 heteroatoms. The number of hydrogen-bond donors (Lipinski definition) is 1. The molecule has 2 amide bonds. The van der Waals surface area contributed by atoms with Crippen LogP contribution in [-0.4, -0.2) is 27.6 Å². The second kappa shape index (κ2) is 9.69. The first-order valence-electron chi connectivity index (χ1n) is 8.49. The molecule has 0 atom stereocenters. The molecule has 2 aromatic rings. The third-order valence-corrected chi connectivity index (χ3v) is 6.06. The molecular weight excluding hydrogens is 480 g/mol. The van der Waals surface area contributed by atoms with Crippen molar-refractivity contribution in [3.05, 3.63) is 68.5 Å². The van der Waals surface area contributed by atoms with Gasteiger partial charge in [0.2, 0.25) is 5.91 Å². The number of carbonyl (C=O) groups is 2. The number of thioether (sulfide) groups is 1. The van der Waals surface area contributed by atoms with Gasteiger partial charge in [0, 0.05) is 28.1 Å². The average molecular weight is 496 g/mol. The zero-order chi connectivity index (χ0) is 20.1. The normalized spacial score (nSPS) is 15.4. The van der Waals surface area contributed by atoms with E-state index in [-0.39, 0.29) is 11.8 Å². The van der Waals surface area contributed by atoms with Crippen LogP contribution in [-0.2, 0) is 9.59 Å². The Morgan fingerprint density at radius 1 is 1.25 bits per heavy atom. The summed E-state index contributed by atoms with van der Waals surface area (Å²) in [6.45, 7) is 0.411. The van der Waals surface area contributed by atoms with Gasteiger partial charge in [0.1, 0.15) is 4.32 Å². The second-order valence-corrected chi connectivity index (χ2v) is 9.07. The topological polar surface area (TPSA) is 49.4 Å². The number of halogens is 2. The van der Waals surface area contributed by atoms with Crippen molar-refractivity contribution in [1.29, 1.82) is 0 Å². The summed E-state index contributed by atoms with van der Waals surface area (Å²) in [5.41, 5.74) is 1.62. The van der Waals surface area contributed by atoms with E-state index in [2.05, 4.69) is 21.2 Å². The van der Waals surface area contributed by atoms with Gasteiger partial charge in [0.15, 0.2) is 0 Å². The Kier molecular flexibility index (Phi) is 7.29. The number of benzene rings is 2. The van der Waals surface area contributed by atoms with Crippen LogP contribution < -0.4 is 5.32 Å². The van der Waals surface area contributed by atoms with Crippen molar-refractivity contribution in [2.24, 2.45) is 0 Å². The van der Waals surface area contributed by atoms with Crippen LogP contribution in [0.4, 0.5) is 5.69 Å². The van der Waals surface area contributed by atoms with Gasteiger partial charge >= 0.3 is 0 Å². The maximum absolute atomic E-state index is 12.6. The average Bonchev–Trinajstić information content (AvgIpc) is 2.91. The lowest BCUT2D eigenvalue weighted by Gasteiger charge is -2.14. The molecule has 0 aromatic heterocycles. The first-order chi connectivity index (χ1) is 13.4. The number of carbonyl (C=O) groups excluding carboxylic acids is 2. The summed E-state index contributed by atoms with van der Waals surface area (Å²) in [5.74, 6) is -0.231. The quantitative estimate of drug-likeness (QED) is 0.411. The number of nitrogens with zero attached hydrogens (tertiary/aromatic N) is 1. The molecule has 1 saturated heterocycles. The molecular formula is C20H16BrClN2O2S2. The summed E-state index contributed by atoms with van der Waals surface area (Å²) in [5, 5.41) is 3.42. The molecule has 1 N–H and O–H groups in total. The van der Waals surface area contributed by atoms with Crippen LogP contribution in [0.25, 0.3) is 6.08 Å². The lowest BCUT2D eigenvalue weighted by atomic mass is 10.2. The Morgan fingerprint density at radius 2 is 2.00 bits per heavy atom. The standard InChI is InChI=1S/C20H16BrClN2O2S2/c21-14-4-1-3-13(11-14)12-17-19(26)24(20(27)28-17)10-2-5-18(25)23-16-8-6-15(22)7-9-16/h1,3-4,6-9,11-12H,2,5,10H2,(H,23,25)/b17-12-. The van der Waals surface area contributed by atoms with E-state index in [1.54, 1.807) is 29.2 Å². The predicted molar refractivity (Wildman–Crippen MR) is 123 cm³/mol. The van der Waals surface area contributed by atoms with Gasteiger partial charge in [-0.15, -0.1) is 0 Å². The Morgan fingerprint density at radius 3 is 2.71 bits per heavy atom. The van der Waals surface area contributed by atoms with Crippen molar-refractivity contribution >= 4 is 79.4 Å². The molecule has 0 bridgehead atoms. The number of hydrogen-bond acceptors (Lipinski definition) is 4. The Hall–Kier alpha value is -1.67. The summed E-state index contributed by atoms with van der Waals surface area (Å²) in [6, 6.07) is 14.6. The van der Waals surface area contributed by atoms with Crippen LogP contribution in [0, 0.1) is 0 Å². The molecule has 0 aliphatic carbocycles. The van der Waals surface area contributed by atoms with Gasteiger partial charge in [-0.05, 0) is 54.5 Å². The van der Waals surface area contributed by atoms with E-state index in [4.69, 9.17) is 23.8 Å². The summed E-state index contributed by atoms with van der Waals surface area (Å²) >= 11 is 15.9. The van der Waals surface area contributed by atoms with Gasteiger partial charge in [-0.2, -0.15) is 0 Å². The highest BCUT2D eigenvalue weighted by atomic mass is 79.9. The summed E-state index contributed by atoms with van der Waals surface area (Å²) < 4.78 is 1.47. The summed E-state index contributed by atoms with van der Waals surface area (Å²) in [7, 11) is 0. The first-order valence-corrected chi connectivity index (χ1v) is 10.9. The number of amides is 2. The molecule has 4 nitrogen and oxygen atoms in total. The zero-order valence-electron chi connectivity index (χ0n) is 14.7. The largest absolute Gasteiger partial charge is 0.326 e. The fourth-order valence-electron chi connectivity index (χ4n) is 2.59. The molecule has 0 spiro atoms. The summed E-state index contributed by atoms with van der Waals surface area (Å²) in [6.07, 6.45) is 2.65. The van der Waals surface area contributed by atoms with Crippen LogP contribution >= 0.6 is 51.5 Å². The van der Waals surface area contributed by atoms with Crippen molar-refractivity contribution < 1.29 is 9.59 Å². The van der Waals surface area contributed by atoms with Gasteiger partial charge < -0.3 is 5.32 Å². The molecule has 2 aromatic carbocycles. The molecule has 3 rings (SSSR count).